The molecule has 0 saturated heterocycles. The highest BCUT2D eigenvalue weighted by atomic mass is 32.2. The van der Waals surface area contributed by atoms with Gasteiger partial charge in [0.25, 0.3) is 5.69 Å². The molecule has 9 heteroatoms. The number of unbranched alkanes of at least 4 members (excludes halogenated alkanes) is 2. The third kappa shape index (κ3) is 4.38. The van der Waals surface area contributed by atoms with E-state index in [0.29, 0.717) is 19.3 Å². The average Bonchev–Trinajstić information content (AvgIpc) is 2.42. The van der Waals surface area contributed by atoms with Gasteiger partial charge < -0.3 is 10.8 Å². The van der Waals surface area contributed by atoms with Crippen LogP contribution in [0, 0.1) is 10.1 Å². The Kier molecular flexibility index (Phi) is 6.06. The lowest BCUT2D eigenvalue weighted by molar-refractivity contribution is -0.387. The Labute approximate surface area is 123 Å². The molecule has 8 nitrogen and oxygen atoms in total. The first-order valence-corrected chi connectivity index (χ1v) is 7.86. The van der Waals surface area contributed by atoms with Crippen molar-refractivity contribution in [3.05, 3.63) is 28.3 Å². The molecule has 0 atom stereocenters. The molecule has 0 radical (unpaired) electrons. The summed E-state index contributed by atoms with van der Waals surface area (Å²) in [5.41, 5.74) is 5.18. The van der Waals surface area contributed by atoms with Gasteiger partial charge in [-0.15, -0.1) is 0 Å². The number of nitrogens with two attached hydrogens (primary N) is 1. The minimum atomic E-state index is -3.98. The van der Waals surface area contributed by atoms with Crippen LogP contribution in [0.3, 0.4) is 0 Å². The monoisotopic (exact) mass is 317 g/mol. The van der Waals surface area contributed by atoms with Gasteiger partial charge in [0, 0.05) is 32.0 Å². The summed E-state index contributed by atoms with van der Waals surface area (Å²) < 4.78 is 25.8. The van der Waals surface area contributed by atoms with Gasteiger partial charge in [0.05, 0.1) is 4.92 Å². The van der Waals surface area contributed by atoms with Crippen molar-refractivity contribution in [1.82, 2.24) is 4.31 Å². The van der Waals surface area contributed by atoms with Crippen molar-refractivity contribution in [2.24, 2.45) is 0 Å². The molecule has 0 aliphatic carbocycles. The summed E-state index contributed by atoms with van der Waals surface area (Å²) in [6, 6.07) is 3.47. The molecule has 0 aliphatic rings. The summed E-state index contributed by atoms with van der Waals surface area (Å²) in [7, 11) is -2.61. The third-order valence-electron chi connectivity index (χ3n) is 3.00. The molecule has 0 spiro atoms. The van der Waals surface area contributed by atoms with Crippen molar-refractivity contribution in [3.63, 3.8) is 0 Å². The van der Waals surface area contributed by atoms with Crippen LogP contribution in [0.4, 0.5) is 11.4 Å². The topological polar surface area (TPSA) is 127 Å². The molecule has 21 heavy (non-hydrogen) atoms. The fourth-order valence-electron chi connectivity index (χ4n) is 1.80. The molecule has 3 N–H and O–H groups in total. The number of hydrogen-bond donors (Lipinski definition) is 2. The van der Waals surface area contributed by atoms with Crippen molar-refractivity contribution in [2.75, 3.05) is 25.9 Å². The first-order valence-electron chi connectivity index (χ1n) is 6.42. The van der Waals surface area contributed by atoms with E-state index in [1.807, 2.05) is 0 Å². The van der Waals surface area contributed by atoms with E-state index in [4.69, 9.17) is 10.8 Å². The molecule has 0 amide bonds. The van der Waals surface area contributed by atoms with Crippen LogP contribution < -0.4 is 5.73 Å². The van der Waals surface area contributed by atoms with Gasteiger partial charge in [-0.25, -0.2) is 12.7 Å². The van der Waals surface area contributed by atoms with Gasteiger partial charge in [0.15, 0.2) is 4.90 Å². The lowest BCUT2D eigenvalue weighted by Crippen LogP contribution is -2.28. The first kappa shape index (κ1) is 17.3. The van der Waals surface area contributed by atoms with Crippen molar-refractivity contribution in [2.45, 2.75) is 24.2 Å². The van der Waals surface area contributed by atoms with Crippen LogP contribution in [0.2, 0.25) is 0 Å². The third-order valence-corrected chi connectivity index (χ3v) is 4.89. The van der Waals surface area contributed by atoms with Gasteiger partial charge in [-0.2, -0.15) is 0 Å². The van der Waals surface area contributed by atoms with E-state index < -0.39 is 25.5 Å². The number of anilines is 1. The van der Waals surface area contributed by atoms with Crippen LogP contribution in [-0.2, 0) is 10.0 Å². The molecule has 1 rings (SSSR count). The molecule has 0 bridgehead atoms. The molecule has 0 heterocycles. The van der Waals surface area contributed by atoms with Crippen LogP contribution in [-0.4, -0.2) is 43.0 Å². The maximum atomic E-state index is 12.4. The summed E-state index contributed by atoms with van der Waals surface area (Å²) in [6.45, 7) is 0.269. The van der Waals surface area contributed by atoms with E-state index in [1.54, 1.807) is 0 Å². The number of nitro benzene ring substituents is 1. The molecule has 0 unspecified atom stereocenters. The van der Waals surface area contributed by atoms with Crippen molar-refractivity contribution >= 4 is 21.4 Å². The maximum absolute atomic E-state index is 12.4. The number of hydrogen-bond acceptors (Lipinski definition) is 6. The van der Waals surface area contributed by atoms with Crippen LogP contribution >= 0.6 is 0 Å². The van der Waals surface area contributed by atoms with E-state index in [1.165, 1.54) is 13.1 Å². The first-order chi connectivity index (χ1) is 9.80. The Bertz CT molecular complexity index is 603. The highest BCUT2D eigenvalue weighted by molar-refractivity contribution is 7.89. The molecule has 1 aromatic rings. The second kappa shape index (κ2) is 7.34. The number of rotatable bonds is 8. The van der Waals surface area contributed by atoms with Crippen LogP contribution in [0.25, 0.3) is 0 Å². The fraction of sp³-hybridized carbons (Fsp3) is 0.500. The lowest BCUT2D eigenvalue weighted by atomic mass is 10.2. The van der Waals surface area contributed by atoms with Gasteiger partial charge in [-0.3, -0.25) is 10.1 Å². The lowest BCUT2D eigenvalue weighted by Gasteiger charge is -2.17. The number of nitro groups is 1. The fourth-order valence-corrected chi connectivity index (χ4v) is 3.20. The molecule has 118 valence electrons. The number of nitrogens with zero attached hydrogens (tertiary/aromatic N) is 2. The van der Waals surface area contributed by atoms with Gasteiger partial charge in [0.1, 0.15) is 0 Å². The largest absolute Gasteiger partial charge is 0.399 e. The normalized spacial score (nSPS) is 11.8. The Balaban J connectivity index is 3.01. The molecule has 0 aliphatic heterocycles. The van der Waals surface area contributed by atoms with E-state index in [-0.39, 0.29) is 18.8 Å². The molecule has 0 aromatic heterocycles. The van der Waals surface area contributed by atoms with E-state index in [2.05, 4.69) is 0 Å². The van der Waals surface area contributed by atoms with Crippen LogP contribution in [0.1, 0.15) is 19.3 Å². The SMILES string of the molecule is CN(CCCCCO)S(=O)(=O)c1cc(N)ccc1[N+](=O)[O-]. The van der Waals surface area contributed by atoms with Crippen LogP contribution in [0.5, 0.6) is 0 Å². The Morgan fingerprint density at radius 2 is 2.00 bits per heavy atom. The van der Waals surface area contributed by atoms with Crippen molar-refractivity contribution in [1.29, 1.82) is 0 Å². The highest BCUT2D eigenvalue weighted by Gasteiger charge is 2.29. The molecule has 1 aromatic carbocycles. The zero-order valence-corrected chi connectivity index (χ0v) is 12.5. The quantitative estimate of drug-likeness (QED) is 0.318. The van der Waals surface area contributed by atoms with E-state index in [9.17, 15) is 18.5 Å². The average molecular weight is 317 g/mol. The van der Waals surface area contributed by atoms with E-state index >= 15 is 0 Å². The Morgan fingerprint density at radius 3 is 2.57 bits per heavy atom. The number of nitrogen functional groups attached to an aromatic ring is 1. The van der Waals surface area contributed by atoms with Gasteiger partial charge in [0.2, 0.25) is 10.0 Å². The minimum Gasteiger partial charge on any atom is -0.399 e. The van der Waals surface area contributed by atoms with Gasteiger partial charge in [-0.05, 0) is 31.4 Å². The second-order valence-electron chi connectivity index (χ2n) is 4.60. The summed E-state index contributed by atoms with van der Waals surface area (Å²) in [4.78, 5) is 9.81. The number of aliphatic hydroxyl groups excluding tert-OH is 1. The highest BCUT2D eigenvalue weighted by Crippen LogP contribution is 2.28. The molecule has 0 saturated carbocycles. The number of aliphatic hydroxyl groups is 1. The summed E-state index contributed by atoms with van der Waals surface area (Å²) in [5.74, 6) is 0. The summed E-state index contributed by atoms with van der Waals surface area (Å²) in [6.07, 6.45) is 1.83. The predicted octanol–water partition coefficient (Wildman–Crippen LogP) is 0.960. The zero-order valence-electron chi connectivity index (χ0n) is 11.7. The Hall–Kier alpha value is -1.71. The van der Waals surface area contributed by atoms with Gasteiger partial charge >= 0.3 is 0 Å². The molecular formula is C12H19N3O5S. The molecular weight excluding hydrogens is 298 g/mol. The van der Waals surface area contributed by atoms with Gasteiger partial charge in [-0.1, -0.05) is 0 Å². The summed E-state index contributed by atoms with van der Waals surface area (Å²) >= 11 is 0. The predicted molar refractivity (Wildman–Crippen MR) is 78.3 cm³/mol. The molecule has 0 fully saturated rings. The zero-order chi connectivity index (χ0) is 16.0. The van der Waals surface area contributed by atoms with Crippen LogP contribution in [0.15, 0.2) is 23.1 Å². The minimum absolute atomic E-state index is 0.0527. The van der Waals surface area contributed by atoms with Crippen molar-refractivity contribution in [3.8, 4) is 0 Å². The Morgan fingerprint density at radius 1 is 1.33 bits per heavy atom. The van der Waals surface area contributed by atoms with Crippen molar-refractivity contribution < 1.29 is 18.4 Å². The number of benzene rings is 1. The summed E-state index contributed by atoms with van der Waals surface area (Å²) in [5, 5.41) is 19.6. The number of sulfonamides is 1. The second-order valence-corrected chi connectivity index (χ2v) is 6.61. The standard InChI is InChI=1S/C12H19N3O5S/c1-14(7-3-2-4-8-16)21(19,20)12-9-10(13)5-6-11(12)15(17)18/h5-6,9,16H,2-4,7-8,13H2,1H3. The smallest absolute Gasteiger partial charge is 0.289 e. The maximum Gasteiger partial charge on any atom is 0.289 e. The van der Waals surface area contributed by atoms with E-state index in [0.717, 1.165) is 16.4 Å².